The molecule has 3 rings (SSSR count). The molecular formula is C14H24N4. The Labute approximate surface area is 109 Å². The quantitative estimate of drug-likeness (QED) is 0.841. The predicted octanol–water partition coefficient (Wildman–Crippen LogP) is 2.43. The maximum Gasteiger partial charge on any atom is 0.150 e. The number of H-pyrrole nitrogens is 1. The van der Waals surface area contributed by atoms with Crippen LogP contribution in [0.5, 0.6) is 0 Å². The zero-order valence-electron chi connectivity index (χ0n) is 11.3. The summed E-state index contributed by atoms with van der Waals surface area (Å²) < 4.78 is 0. The Kier molecular flexibility index (Phi) is 3.64. The fourth-order valence-electron chi connectivity index (χ4n) is 3.22. The number of rotatable bonds is 5. The molecule has 4 nitrogen and oxygen atoms in total. The van der Waals surface area contributed by atoms with E-state index in [1.165, 1.54) is 38.5 Å². The average Bonchev–Trinajstić information content (AvgIpc) is 3.16. The van der Waals surface area contributed by atoms with E-state index in [9.17, 15) is 0 Å². The van der Waals surface area contributed by atoms with Gasteiger partial charge >= 0.3 is 0 Å². The van der Waals surface area contributed by atoms with Gasteiger partial charge in [-0.05, 0) is 37.5 Å². The first kappa shape index (κ1) is 12.2. The van der Waals surface area contributed by atoms with E-state index in [2.05, 4.69) is 27.4 Å². The molecular weight excluding hydrogens is 224 g/mol. The SMILES string of the molecule is CCc1n[nH]c(CNC2CCCC(C3CC3)C2)n1. The maximum absolute atomic E-state index is 4.45. The second-order valence-electron chi connectivity index (χ2n) is 5.89. The van der Waals surface area contributed by atoms with Crippen LogP contribution in [0, 0.1) is 11.8 Å². The van der Waals surface area contributed by atoms with Crippen LogP contribution < -0.4 is 5.32 Å². The summed E-state index contributed by atoms with van der Waals surface area (Å²) in [7, 11) is 0. The van der Waals surface area contributed by atoms with Crippen LogP contribution in [-0.4, -0.2) is 21.2 Å². The lowest BCUT2D eigenvalue weighted by molar-refractivity contribution is 0.259. The lowest BCUT2D eigenvalue weighted by atomic mass is 9.83. The molecule has 0 bridgehead atoms. The third kappa shape index (κ3) is 2.91. The van der Waals surface area contributed by atoms with Crippen LogP contribution in [0.25, 0.3) is 0 Å². The summed E-state index contributed by atoms with van der Waals surface area (Å²) in [6, 6.07) is 0.694. The molecule has 100 valence electrons. The average molecular weight is 248 g/mol. The molecule has 0 aliphatic heterocycles. The van der Waals surface area contributed by atoms with Crippen molar-refractivity contribution in [3.05, 3.63) is 11.6 Å². The van der Waals surface area contributed by atoms with Crippen LogP contribution in [0.2, 0.25) is 0 Å². The van der Waals surface area contributed by atoms with Crippen molar-refractivity contribution < 1.29 is 0 Å². The van der Waals surface area contributed by atoms with E-state index in [-0.39, 0.29) is 0 Å². The second kappa shape index (κ2) is 5.39. The largest absolute Gasteiger partial charge is 0.307 e. The minimum Gasteiger partial charge on any atom is -0.307 e. The number of aromatic amines is 1. The van der Waals surface area contributed by atoms with Crippen molar-refractivity contribution in [2.75, 3.05) is 0 Å². The molecule has 1 heterocycles. The minimum absolute atomic E-state index is 0.694. The third-order valence-corrected chi connectivity index (χ3v) is 4.46. The van der Waals surface area contributed by atoms with Crippen LogP contribution in [0.1, 0.15) is 57.1 Å². The van der Waals surface area contributed by atoms with E-state index >= 15 is 0 Å². The van der Waals surface area contributed by atoms with Gasteiger partial charge in [-0.25, -0.2) is 4.98 Å². The van der Waals surface area contributed by atoms with Gasteiger partial charge in [-0.2, -0.15) is 5.10 Å². The fourth-order valence-corrected chi connectivity index (χ4v) is 3.22. The first-order valence-corrected chi connectivity index (χ1v) is 7.48. The summed E-state index contributed by atoms with van der Waals surface area (Å²) in [5, 5.41) is 10.8. The molecule has 2 N–H and O–H groups in total. The highest BCUT2D eigenvalue weighted by molar-refractivity contribution is 4.92. The molecule has 2 unspecified atom stereocenters. The van der Waals surface area contributed by atoms with E-state index in [1.807, 2.05) is 0 Å². The molecule has 0 spiro atoms. The van der Waals surface area contributed by atoms with Crippen molar-refractivity contribution in [2.45, 2.75) is 64.5 Å². The van der Waals surface area contributed by atoms with Crippen LogP contribution in [0.3, 0.4) is 0 Å². The second-order valence-corrected chi connectivity index (χ2v) is 5.89. The highest BCUT2D eigenvalue weighted by atomic mass is 15.2. The minimum atomic E-state index is 0.694. The molecule has 0 amide bonds. The maximum atomic E-state index is 4.45. The van der Waals surface area contributed by atoms with Crippen LogP contribution >= 0.6 is 0 Å². The highest BCUT2D eigenvalue weighted by Gasteiger charge is 2.34. The molecule has 2 aliphatic rings. The van der Waals surface area contributed by atoms with Crippen LogP contribution in [-0.2, 0) is 13.0 Å². The van der Waals surface area contributed by atoms with Gasteiger partial charge in [0.25, 0.3) is 0 Å². The predicted molar refractivity (Wildman–Crippen MR) is 71.1 cm³/mol. The fraction of sp³-hybridized carbons (Fsp3) is 0.857. The van der Waals surface area contributed by atoms with Crippen molar-refractivity contribution in [1.29, 1.82) is 0 Å². The van der Waals surface area contributed by atoms with Crippen molar-refractivity contribution in [2.24, 2.45) is 11.8 Å². The molecule has 18 heavy (non-hydrogen) atoms. The number of aromatic nitrogens is 3. The van der Waals surface area contributed by atoms with Gasteiger partial charge in [-0.15, -0.1) is 0 Å². The first-order chi connectivity index (χ1) is 8.85. The zero-order valence-corrected chi connectivity index (χ0v) is 11.3. The summed E-state index contributed by atoms with van der Waals surface area (Å²) >= 11 is 0. The summed E-state index contributed by atoms with van der Waals surface area (Å²) in [6.45, 7) is 2.93. The lowest BCUT2D eigenvalue weighted by Gasteiger charge is -2.29. The molecule has 1 aromatic heterocycles. The molecule has 4 heteroatoms. The van der Waals surface area contributed by atoms with Crippen LogP contribution in [0.15, 0.2) is 0 Å². The molecule has 2 fully saturated rings. The number of hydrogen-bond donors (Lipinski definition) is 2. The summed E-state index contributed by atoms with van der Waals surface area (Å²) in [6.07, 6.45) is 9.44. The molecule has 0 radical (unpaired) electrons. The van der Waals surface area contributed by atoms with Gasteiger partial charge in [0.15, 0.2) is 0 Å². The van der Waals surface area contributed by atoms with E-state index < -0.39 is 0 Å². The van der Waals surface area contributed by atoms with E-state index in [1.54, 1.807) is 0 Å². The lowest BCUT2D eigenvalue weighted by Crippen LogP contribution is -2.34. The van der Waals surface area contributed by atoms with Gasteiger partial charge in [0.1, 0.15) is 11.6 Å². The standard InChI is InChI=1S/C14H24N4/c1-2-13-16-14(18-17-13)9-15-12-5-3-4-11(8-12)10-6-7-10/h10-12,15H,2-9H2,1H3,(H,16,17,18). The highest BCUT2D eigenvalue weighted by Crippen LogP contribution is 2.43. The summed E-state index contributed by atoms with van der Waals surface area (Å²) in [4.78, 5) is 4.45. The summed E-state index contributed by atoms with van der Waals surface area (Å²) in [5.41, 5.74) is 0. The van der Waals surface area contributed by atoms with Gasteiger partial charge in [0.05, 0.1) is 6.54 Å². The van der Waals surface area contributed by atoms with Gasteiger partial charge in [0.2, 0.25) is 0 Å². The van der Waals surface area contributed by atoms with E-state index in [0.29, 0.717) is 6.04 Å². The molecule has 1 aromatic rings. The van der Waals surface area contributed by atoms with Crippen molar-refractivity contribution >= 4 is 0 Å². The Morgan fingerprint density at radius 2 is 2.11 bits per heavy atom. The molecule has 0 aromatic carbocycles. The van der Waals surface area contributed by atoms with E-state index in [0.717, 1.165) is 36.5 Å². The van der Waals surface area contributed by atoms with Crippen molar-refractivity contribution in [3.8, 4) is 0 Å². The Hall–Kier alpha value is -0.900. The smallest absolute Gasteiger partial charge is 0.150 e. The monoisotopic (exact) mass is 248 g/mol. The zero-order chi connectivity index (χ0) is 12.4. The molecule has 2 aliphatic carbocycles. The van der Waals surface area contributed by atoms with Gasteiger partial charge in [-0.3, -0.25) is 5.10 Å². The van der Waals surface area contributed by atoms with Gasteiger partial charge in [0, 0.05) is 12.5 Å². The Balaban J connectivity index is 1.47. The summed E-state index contributed by atoms with van der Waals surface area (Å²) in [5.74, 6) is 3.97. The Morgan fingerprint density at radius 1 is 1.22 bits per heavy atom. The molecule has 0 saturated heterocycles. The first-order valence-electron chi connectivity index (χ1n) is 7.48. The van der Waals surface area contributed by atoms with E-state index in [4.69, 9.17) is 0 Å². The Bertz CT molecular complexity index is 383. The number of aryl methyl sites for hydroxylation is 1. The van der Waals surface area contributed by atoms with Crippen molar-refractivity contribution in [1.82, 2.24) is 20.5 Å². The van der Waals surface area contributed by atoms with Crippen LogP contribution in [0.4, 0.5) is 0 Å². The number of nitrogens with one attached hydrogen (secondary N) is 2. The third-order valence-electron chi connectivity index (χ3n) is 4.46. The van der Waals surface area contributed by atoms with Gasteiger partial charge < -0.3 is 5.32 Å². The number of nitrogens with zero attached hydrogens (tertiary/aromatic N) is 2. The molecule has 2 saturated carbocycles. The topological polar surface area (TPSA) is 53.6 Å². The molecule has 2 atom stereocenters. The normalized spacial score (nSPS) is 28.5. The number of hydrogen-bond acceptors (Lipinski definition) is 3. The Morgan fingerprint density at radius 3 is 2.83 bits per heavy atom. The van der Waals surface area contributed by atoms with Crippen molar-refractivity contribution in [3.63, 3.8) is 0 Å². The van der Waals surface area contributed by atoms with Gasteiger partial charge in [-0.1, -0.05) is 19.8 Å².